The van der Waals surface area contributed by atoms with Crippen molar-refractivity contribution >= 4 is 16.7 Å². The summed E-state index contributed by atoms with van der Waals surface area (Å²) in [6, 6.07) is 17.0. The summed E-state index contributed by atoms with van der Waals surface area (Å²) in [7, 11) is 1.35. The zero-order valence-electron chi connectivity index (χ0n) is 13.2. The van der Waals surface area contributed by atoms with Gasteiger partial charge in [0.05, 0.1) is 12.7 Å². The van der Waals surface area contributed by atoms with Gasteiger partial charge < -0.3 is 9.84 Å². The highest BCUT2D eigenvalue weighted by Gasteiger charge is 2.20. The van der Waals surface area contributed by atoms with Crippen LogP contribution in [0.2, 0.25) is 0 Å². The molecule has 1 N–H and O–H groups in total. The number of benzene rings is 3. The van der Waals surface area contributed by atoms with Gasteiger partial charge in [-0.1, -0.05) is 55.5 Å². The van der Waals surface area contributed by atoms with Crippen molar-refractivity contribution in [3.63, 3.8) is 0 Å². The van der Waals surface area contributed by atoms with Gasteiger partial charge in [0, 0.05) is 10.9 Å². The molecular formula is C20H18O3. The van der Waals surface area contributed by atoms with Crippen molar-refractivity contribution in [1.82, 2.24) is 0 Å². The number of phenols is 1. The van der Waals surface area contributed by atoms with Gasteiger partial charge in [-0.25, -0.2) is 4.79 Å². The van der Waals surface area contributed by atoms with E-state index in [9.17, 15) is 9.90 Å². The Labute approximate surface area is 135 Å². The molecular weight excluding hydrogens is 288 g/mol. The highest BCUT2D eigenvalue weighted by molar-refractivity contribution is 6.10. The molecule has 0 fully saturated rings. The van der Waals surface area contributed by atoms with Crippen molar-refractivity contribution in [2.24, 2.45) is 0 Å². The quantitative estimate of drug-likeness (QED) is 0.721. The Morgan fingerprint density at radius 1 is 1.04 bits per heavy atom. The largest absolute Gasteiger partial charge is 0.507 e. The average molecular weight is 306 g/mol. The highest BCUT2D eigenvalue weighted by Crippen LogP contribution is 2.39. The minimum Gasteiger partial charge on any atom is -0.507 e. The standard InChI is InChI=1S/C20H18O3/c1-3-13-8-4-5-9-14(13)19-16-11-7-6-10-15(16)18(21)12-17(19)20(22)23-2/h4-12,21H,3H2,1-2H3. The molecule has 3 nitrogen and oxygen atoms in total. The summed E-state index contributed by atoms with van der Waals surface area (Å²) in [6.45, 7) is 2.08. The molecule has 0 aliphatic carbocycles. The van der Waals surface area contributed by atoms with Crippen molar-refractivity contribution in [3.8, 4) is 16.9 Å². The lowest BCUT2D eigenvalue weighted by Crippen LogP contribution is -2.05. The Bertz CT molecular complexity index is 881. The summed E-state index contributed by atoms with van der Waals surface area (Å²) in [5.74, 6) is -0.370. The molecule has 0 unspecified atom stereocenters. The van der Waals surface area contributed by atoms with Gasteiger partial charge in [0.2, 0.25) is 0 Å². The fourth-order valence-electron chi connectivity index (χ4n) is 2.99. The highest BCUT2D eigenvalue weighted by atomic mass is 16.5. The molecule has 3 rings (SSSR count). The third-order valence-corrected chi connectivity index (χ3v) is 4.10. The van der Waals surface area contributed by atoms with Gasteiger partial charge in [-0.05, 0) is 29.0 Å². The SMILES string of the molecule is CCc1ccccc1-c1c(C(=O)OC)cc(O)c2ccccc12. The van der Waals surface area contributed by atoms with Gasteiger partial charge in [0.25, 0.3) is 0 Å². The number of methoxy groups -OCH3 is 1. The van der Waals surface area contributed by atoms with Crippen LogP contribution in [0.25, 0.3) is 21.9 Å². The molecule has 0 amide bonds. The number of hydrogen-bond donors (Lipinski definition) is 1. The second-order valence-corrected chi connectivity index (χ2v) is 5.37. The third-order valence-electron chi connectivity index (χ3n) is 4.10. The number of fused-ring (bicyclic) bond motifs is 1. The zero-order chi connectivity index (χ0) is 16.4. The second-order valence-electron chi connectivity index (χ2n) is 5.37. The van der Waals surface area contributed by atoms with Crippen molar-refractivity contribution in [3.05, 3.63) is 65.7 Å². The Kier molecular flexibility index (Phi) is 4.02. The van der Waals surface area contributed by atoms with Crippen LogP contribution >= 0.6 is 0 Å². The average Bonchev–Trinajstić information content (AvgIpc) is 2.61. The summed E-state index contributed by atoms with van der Waals surface area (Å²) in [5, 5.41) is 11.9. The predicted octanol–water partition coefficient (Wildman–Crippen LogP) is 4.56. The molecule has 0 saturated carbocycles. The van der Waals surface area contributed by atoms with Gasteiger partial charge >= 0.3 is 5.97 Å². The molecule has 0 spiro atoms. The van der Waals surface area contributed by atoms with E-state index >= 15 is 0 Å². The van der Waals surface area contributed by atoms with E-state index in [4.69, 9.17) is 4.74 Å². The minimum absolute atomic E-state index is 0.0822. The molecule has 0 aliphatic heterocycles. The first-order valence-electron chi connectivity index (χ1n) is 7.58. The number of aryl methyl sites for hydroxylation is 1. The first-order chi connectivity index (χ1) is 11.2. The molecule has 3 aromatic carbocycles. The van der Waals surface area contributed by atoms with Gasteiger partial charge in [0.1, 0.15) is 5.75 Å². The summed E-state index contributed by atoms with van der Waals surface area (Å²) < 4.78 is 4.93. The number of carbonyl (C=O) groups is 1. The van der Waals surface area contributed by atoms with Gasteiger partial charge in [-0.3, -0.25) is 0 Å². The van der Waals surface area contributed by atoms with E-state index in [0.717, 1.165) is 33.9 Å². The topological polar surface area (TPSA) is 46.5 Å². The number of carbonyl (C=O) groups excluding carboxylic acids is 1. The first kappa shape index (κ1) is 15.1. The molecule has 0 aliphatic rings. The number of aromatic hydroxyl groups is 1. The number of esters is 1. The normalized spacial score (nSPS) is 10.7. The fourth-order valence-corrected chi connectivity index (χ4v) is 2.99. The molecule has 116 valence electrons. The van der Waals surface area contributed by atoms with E-state index < -0.39 is 5.97 Å². The Hall–Kier alpha value is -2.81. The Balaban J connectivity index is 2.46. The lowest BCUT2D eigenvalue weighted by molar-refractivity contribution is 0.0601. The molecule has 0 atom stereocenters. The summed E-state index contributed by atoms with van der Waals surface area (Å²) >= 11 is 0. The smallest absolute Gasteiger partial charge is 0.338 e. The maximum Gasteiger partial charge on any atom is 0.338 e. The van der Waals surface area contributed by atoms with Crippen LogP contribution in [0.4, 0.5) is 0 Å². The predicted molar refractivity (Wildman–Crippen MR) is 91.8 cm³/mol. The third kappa shape index (κ3) is 2.55. The van der Waals surface area contributed by atoms with Crippen LogP contribution in [-0.2, 0) is 11.2 Å². The monoisotopic (exact) mass is 306 g/mol. The molecule has 0 bridgehead atoms. The number of ether oxygens (including phenoxy) is 1. The van der Waals surface area contributed by atoms with Gasteiger partial charge in [0.15, 0.2) is 0 Å². The summed E-state index contributed by atoms with van der Waals surface area (Å²) in [4.78, 5) is 12.3. The van der Waals surface area contributed by atoms with Crippen LogP contribution in [0.1, 0.15) is 22.8 Å². The first-order valence-corrected chi connectivity index (χ1v) is 7.58. The molecule has 0 aromatic heterocycles. The van der Waals surface area contributed by atoms with E-state index in [1.807, 2.05) is 42.5 Å². The van der Waals surface area contributed by atoms with Crippen LogP contribution in [0.15, 0.2) is 54.6 Å². The van der Waals surface area contributed by atoms with Crippen molar-refractivity contribution < 1.29 is 14.6 Å². The fraction of sp³-hybridized carbons (Fsp3) is 0.150. The number of hydrogen-bond acceptors (Lipinski definition) is 3. The summed E-state index contributed by atoms with van der Waals surface area (Å²) in [6.07, 6.45) is 0.853. The van der Waals surface area contributed by atoms with Crippen LogP contribution in [-0.4, -0.2) is 18.2 Å². The van der Waals surface area contributed by atoms with E-state index in [2.05, 4.69) is 13.0 Å². The lowest BCUT2D eigenvalue weighted by Gasteiger charge is -2.16. The van der Waals surface area contributed by atoms with Gasteiger partial charge in [-0.2, -0.15) is 0 Å². The Morgan fingerprint density at radius 2 is 1.70 bits per heavy atom. The number of phenolic OH excluding ortho intramolecular Hbond substituents is 1. The minimum atomic E-state index is -0.452. The maximum absolute atomic E-state index is 12.3. The van der Waals surface area contributed by atoms with Crippen LogP contribution in [0.3, 0.4) is 0 Å². The van der Waals surface area contributed by atoms with Crippen molar-refractivity contribution in [2.75, 3.05) is 7.11 Å². The van der Waals surface area contributed by atoms with Gasteiger partial charge in [-0.15, -0.1) is 0 Å². The zero-order valence-corrected chi connectivity index (χ0v) is 13.2. The molecule has 23 heavy (non-hydrogen) atoms. The van der Waals surface area contributed by atoms with Crippen LogP contribution in [0.5, 0.6) is 5.75 Å². The second kappa shape index (κ2) is 6.13. The molecule has 3 heteroatoms. The van der Waals surface area contributed by atoms with E-state index in [0.29, 0.717) is 5.56 Å². The molecule has 3 aromatic rings. The molecule has 0 saturated heterocycles. The van der Waals surface area contributed by atoms with Crippen LogP contribution in [0, 0.1) is 0 Å². The maximum atomic E-state index is 12.3. The molecule has 0 heterocycles. The summed E-state index contributed by atoms with van der Waals surface area (Å²) in [5.41, 5.74) is 3.33. The lowest BCUT2D eigenvalue weighted by atomic mass is 9.89. The van der Waals surface area contributed by atoms with E-state index in [1.165, 1.54) is 13.2 Å². The van der Waals surface area contributed by atoms with E-state index in [-0.39, 0.29) is 5.75 Å². The Morgan fingerprint density at radius 3 is 2.39 bits per heavy atom. The van der Waals surface area contributed by atoms with Crippen molar-refractivity contribution in [2.45, 2.75) is 13.3 Å². The molecule has 0 radical (unpaired) electrons. The van der Waals surface area contributed by atoms with Crippen LogP contribution < -0.4 is 0 Å². The van der Waals surface area contributed by atoms with Crippen molar-refractivity contribution in [1.29, 1.82) is 0 Å². The number of rotatable bonds is 3. The van der Waals surface area contributed by atoms with E-state index in [1.54, 1.807) is 0 Å².